The molecule has 2 aliphatic rings. The number of ether oxygens (including phenoxy) is 1. The van der Waals surface area contributed by atoms with Gasteiger partial charge in [-0.2, -0.15) is 0 Å². The van der Waals surface area contributed by atoms with Gasteiger partial charge < -0.3 is 20.1 Å². The summed E-state index contributed by atoms with van der Waals surface area (Å²) >= 11 is 0. The van der Waals surface area contributed by atoms with E-state index in [1.54, 1.807) is 34.0 Å². The van der Waals surface area contributed by atoms with Crippen LogP contribution in [0.1, 0.15) is 17.5 Å². The first-order valence-electron chi connectivity index (χ1n) is 8.53. The Morgan fingerprint density at radius 1 is 1.26 bits per heavy atom. The molecule has 10 heteroatoms. The average Bonchev–Trinajstić information content (AvgIpc) is 3.23. The van der Waals surface area contributed by atoms with Crippen molar-refractivity contribution >= 4 is 12.0 Å². The van der Waals surface area contributed by atoms with Gasteiger partial charge in [-0.25, -0.2) is 14.8 Å². The van der Waals surface area contributed by atoms with Gasteiger partial charge in [-0.3, -0.25) is 14.6 Å². The van der Waals surface area contributed by atoms with Gasteiger partial charge in [0.1, 0.15) is 36.5 Å². The lowest BCUT2D eigenvalue weighted by molar-refractivity contribution is -0.0522. The number of fused-ring (bicyclic) bond motifs is 1. The van der Waals surface area contributed by atoms with Gasteiger partial charge in [0, 0.05) is 12.1 Å². The molecule has 0 bridgehead atoms. The number of aromatic nitrogens is 2. The van der Waals surface area contributed by atoms with Crippen LogP contribution in [0.2, 0.25) is 0 Å². The van der Waals surface area contributed by atoms with E-state index in [1.165, 1.54) is 12.4 Å². The fourth-order valence-corrected chi connectivity index (χ4v) is 3.26. The molecule has 1 aromatic carbocycles. The zero-order valence-electron chi connectivity index (χ0n) is 14.3. The molecule has 0 saturated carbocycles. The van der Waals surface area contributed by atoms with Gasteiger partial charge in [0.05, 0.1) is 19.1 Å². The third kappa shape index (κ3) is 3.22. The minimum atomic E-state index is -1.23. The molecule has 4 N–H and O–H groups in total. The third-order valence-corrected chi connectivity index (χ3v) is 4.70. The van der Waals surface area contributed by atoms with Crippen molar-refractivity contribution in [3.63, 3.8) is 0 Å². The summed E-state index contributed by atoms with van der Waals surface area (Å²) in [7, 11) is 0. The number of hydrazine groups is 1. The summed E-state index contributed by atoms with van der Waals surface area (Å²) in [6.45, 7) is 0.0625. The van der Waals surface area contributed by atoms with Crippen LogP contribution in [0.4, 0.5) is 10.2 Å². The standard InChI is InChI=1S/C17H20FN5O4/c18-11-4-2-1-3-10(11)5-21-23-8-19-6-12-16(23)22(9-20-12)17-15(26)14(25)13(7-24)27-17/h1-4,6,9,13-15,17,21,24-26H,5,7-8H2/t13-,14-,15+,17-/m1/s1. The second-order valence-electron chi connectivity index (χ2n) is 6.40. The lowest BCUT2D eigenvalue weighted by atomic mass is 10.1. The smallest absolute Gasteiger partial charge is 0.165 e. The minimum absolute atomic E-state index is 0.225. The molecular formula is C17H20FN5O4. The lowest BCUT2D eigenvalue weighted by Crippen LogP contribution is -2.42. The Bertz CT molecular complexity index is 844. The van der Waals surface area contributed by atoms with E-state index in [0.717, 1.165) is 0 Å². The first kappa shape index (κ1) is 18.0. The highest BCUT2D eigenvalue weighted by Crippen LogP contribution is 2.34. The molecule has 4 atom stereocenters. The minimum Gasteiger partial charge on any atom is -0.394 e. The molecule has 4 rings (SSSR count). The lowest BCUT2D eigenvalue weighted by Gasteiger charge is -2.29. The Morgan fingerprint density at radius 3 is 2.81 bits per heavy atom. The van der Waals surface area contributed by atoms with Gasteiger partial charge in [-0.05, 0) is 6.07 Å². The average molecular weight is 377 g/mol. The monoisotopic (exact) mass is 377 g/mol. The Labute approximate surface area is 154 Å². The normalized spacial score (nSPS) is 27.2. The second kappa shape index (κ2) is 7.33. The van der Waals surface area contributed by atoms with Gasteiger partial charge in [-0.15, -0.1) is 0 Å². The Balaban J connectivity index is 1.58. The number of aliphatic imine (C=N–C) groups is 1. The predicted octanol–water partition coefficient (Wildman–Crippen LogP) is -0.465. The van der Waals surface area contributed by atoms with Crippen molar-refractivity contribution in [1.82, 2.24) is 15.0 Å². The predicted molar refractivity (Wildman–Crippen MR) is 93.4 cm³/mol. The summed E-state index contributed by atoms with van der Waals surface area (Å²) in [5.74, 6) is 0.249. The Hall–Kier alpha value is -2.37. The number of aliphatic hydroxyl groups is 3. The number of benzene rings is 1. The zero-order valence-corrected chi connectivity index (χ0v) is 14.3. The fourth-order valence-electron chi connectivity index (χ4n) is 3.26. The first-order valence-corrected chi connectivity index (χ1v) is 8.53. The number of halogens is 1. The molecule has 1 saturated heterocycles. The number of nitrogens with zero attached hydrogens (tertiary/aromatic N) is 4. The van der Waals surface area contributed by atoms with Crippen LogP contribution in [-0.2, 0) is 11.3 Å². The van der Waals surface area contributed by atoms with E-state index in [2.05, 4.69) is 15.4 Å². The summed E-state index contributed by atoms with van der Waals surface area (Å²) in [5, 5.41) is 31.3. The first-order chi connectivity index (χ1) is 13.1. The molecule has 27 heavy (non-hydrogen) atoms. The molecule has 1 aromatic heterocycles. The van der Waals surface area contributed by atoms with Crippen molar-refractivity contribution in [3.8, 4) is 0 Å². The van der Waals surface area contributed by atoms with Crippen LogP contribution in [0.3, 0.4) is 0 Å². The van der Waals surface area contributed by atoms with Crippen molar-refractivity contribution < 1.29 is 24.4 Å². The maximum absolute atomic E-state index is 13.9. The number of aliphatic hydroxyl groups excluding tert-OH is 3. The van der Waals surface area contributed by atoms with Gasteiger partial charge in [0.25, 0.3) is 0 Å². The summed E-state index contributed by atoms with van der Waals surface area (Å²) in [6.07, 6.45) is -1.19. The molecule has 0 spiro atoms. The quantitative estimate of drug-likeness (QED) is 0.557. The number of imidazole rings is 1. The molecule has 2 aliphatic heterocycles. The van der Waals surface area contributed by atoms with Crippen molar-refractivity contribution in [3.05, 3.63) is 47.7 Å². The van der Waals surface area contributed by atoms with E-state index in [0.29, 0.717) is 17.1 Å². The van der Waals surface area contributed by atoms with E-state index in [9.17, 15) is 19.7 Å². The maximum Gasteiger partial charge on any atom is 0.165 e. The van der Waals surface area contributed by atoms with Crippen LogP contribution in [0.15, 0.2) is 35.6 Å². The van der Waals surface area contributed by atoms with E-state index >= 15 is 0 Å². The van der Waals surface area contributed by atoms with Gasteiger partial charge in [0.2, 0.25) is 0 Å². The summed E-state index contributed by atoms with van der Waals surface area (Å²) in [5.41, 5.74) is 4.14. The van der Waals surface area contributed by atoms with E-state index in [-0.39, 0.29) is 19.0 Å². The molecule has 1 fully saturated rings. The van der Waals surface area contributed by atoms with Crippen LogP contribution in [0.5, 0.6) is 0 Å². The number of rotatable bonds is 5. The molecule has 9 nitrogen and oxygen atoms in total. The topological polar surface area (TPSA) is 115 Å². The number of anilines is 1. The molecule has 0 aliphatic carbocycles. The van der Waals surface area contributed by atoms with E-state index < -0.39 is 31.1 Å². The molecule has 0 amide bonds. The molecular weight excluding hydrogens is 357 g/mol. The highest BCUT2D eigenvalue weighted by molar-refractivity contribution is 5.86. The van der Waals surface area contributed by atoms with Gasteiger partial charge >= 0.3 is 0 Å². The fraction of sp³-hybridized carbons (Fsp3) is 0.412. The number of nitrogens with one attached hydrogen (secondary N) is 1. The zero-order chi connectivity index (χ0) is 19.0. The maximum atomic E-state index is 13.9. The van der Waals surface area contributed by atoms with Crippen LogP contribution < -0.4 is 10.4 Å². The molecule has 0 unspecified atom stereocenters. The number of hydrogen-bond acceptors (Lipinski definition) is 8. The van der Waals surface area contributed by atoms with Crippen LogP contribution in [0, 0.1) is 5.82 Å². The SMILES string of the molecule is OC[C@H]1O[C@@H](n2cnc3c2N(NCc2ccccc2F)CN=C3)[C@@H](O)[C@@H]1O. The van der Waals surface area contributed by atoms with Crippen LogP contribution >= 0.6 is 0 Å². The Morgan fingerprint density at radius 2 is 2.07 bits per heavy atom. The highest BCUT2D eigenvalue weighted by Gasteiger charge is 2.44. The second-order valence-corrected chi connectivity index (χ2v) is 6.40. The van der Waals surface area contributed by atoms with E-state index in [1.807, 2.05) is 0 Å². The molecule has 0 radical (unpaired) electrons. The molecule has 3 heterocycles. The van der Waals surface area contributed by atoms with E-state index in [4.69, 9.17) is 4.74 Å². The molecule has 2 aromatic rings. The van der Waals surface area contributed by atoms with Crippen molar-refractivity contribution in [1.29, 1.82) is 0 Å². The highest BCUT2D eigenvalue weighted by atomic mass is 19.1. The van der Waals surface area contributed by atoms with Crippen molar-refractivity contribution in [2.24, 2.45) is 4.99 Å². The van der Waals surface area contributed by atoms with Gasteiger partial charge in [-0.1, -0.05) is 18.2 Å². The van der Waals surface area contributed by atoms with Gasteiger partial charge in [0.15, 0.2) is 12.0 Å². The van der Waals surface area contributed by atoms with Crippen LogP contribution in [-0.4, -0.2) is 62.7 Å². The van der Waals surface area contributed by atoms with Crippen molar-refractivity contribution in [2.45, 2.75) is 31.1 Å². The number of hydrogen-bond donors (Lipinski definition) is 4. The third-order valence-electron chi connectivity index (χ3n) is 4.70. The summed E-state index contributed by atoms with van der Waals surface area (Å²) in [4.78, 5) is 8.47. The molecule has 144 valence electrons. The van der Waals surface area contributed by atoms with Crippen LogP contribution in [0.25, 0.3) is 0 Å². The van der Waals surface area contributed by atoms with Crippen molar-refractivity contribution in [2.75, 3.05) is 18.3 Å². The summed E-state index contributed by atoms with van der Waals surface area (Å²) < 4.78 is 21.0. The largest absolute Gasteiger partial charge is 0.394 e. The summed E-state index contributed by atoms with van der Waals surface area (Å²) in [6, 6.07) is 6.45. The Kier molecular flexibility index (Phi) is 4.89.